The Kier molecular flexibility index (Phi) is 12.9. The van der Waals surface area contributed by atoms with Crippen LogP contribution in [0.15, 0.2) is 59.6 Å². The van der Waals surface area contributed by atoms with Gasteiger partial charge in [0.05, 0.1) is 38.0 Å². The highest BCUT2D eigenvalue weighted by Gasteiger charge is 2.51. The number of ether oxygens (including phenoxy) is 4. The van der Waals surface area contributed by atoms with Crippen molar-refractivity contribution in [2.75, 3.05) is 46.8 Å². The van der Waals surface area contributed by atoms with Crippen molar-refractivity contribution in [2.45, 2.75) is 126 Å². The summed E-state index contributed by atoms with van der Waals surface area (Å²) in [5.74, 6) is 2.49. The molecule has 4 aromatic rings. The van der Waals surface area contributed by atoms with E-state index in [4.69, 9.17) is 18.9 Å². The van der Waals surface area contributed by atoms with Gasteiger partial charge in [-0.3, -0.25) is 10.3 Å². The van der Waals surface area contributed by atoms with Crippen LogP contribution in [-0.2, 0) is 24.0 Å². The topological polar surface area (TPSA) is 166 Å². The second kappa shape index (κ2) is 18.9. The van der Waals surface area contributed by atoms with Crippen LogP contribution in [0.1, 0.15) is 123 Å². The standard InChI is InChI=1S/C55H68N4O8/c1-32(2)25-54(3,63)28-56-30-57-29-55(65-31-59-36-8-6-5-7-9-36)26-44-43-24-42-38(33-10-17-45-34(22-33)20-21-58-45)14-15-39-46(61)19-16-40(49(39)42)50(43)52-41(13-12-37(27-60)66-52)51(44)67-53(55)35-11-18-47(62)48(23-35)64-4/h10-11,14-20,22-23,32,36-38,42,53,56-57,59-63H,5-9,12-13,21,24-31H2,1-4H3/t37-,38+,42-,53-,54+,55+/m1/s1. The number of methoxy groups -OCH3 is 1. The Hall–Kier alpha value is -4.95. The van der Waals surface area contributed by atoms with E-state index in [-0.39, 0.29) is 36.0 Å². The van der Waals surface area contributed by atoms with Crippen LogP contribution in [0.25, 0.3) is 23.3 Å². The summed E-state index contributed by atoms with van der Waals surface area (Å²) in [4.78, 5) is 4.68. The first-order chi connectivity index (χ1) is 32.5. The summed E-state index contributed by atoms with van der Waals surface area (Å²) in [5, 5.41) is 57.2. The first-order valence-electron chi connectivity index (χ1n) is 24.7. The first kappa shape index (κ1) is 45.8. The Morgan fingerprint density at radius 2 is 1.75 bits per heavy atom. The number of aliphatic hydroxyl groups is 2. The maximum Gasteiger partial charge on any atom is 0.160 e. The van der Waals surface area contributed by atoms with Gasteiger partial charge < -0.3 is 50.0 Å². The average Bonchev–Trinajstić information content (AvgIpc) is 3.80. The van der Waals surface area contributed by atoms with Gasteiger partial charge in [0.15, 0.2) is 17.6 Å². The van der Waals surface area contributed by atoms with Crippen LogP contribution in [-0.4, -0.2) is 90.5 Å². The number of phenolic OH excluding ortho intramolecular Hbond substituents is 2. The van der Waals surface area contributed by atoms with Crippen molar-refractivity contribution in [2.24, 2.45) is 10.9 Å². The Bertz CT molecular complexity index is 2660. The molecule has 356 valence electrons. The molecule has 0 unspecified atom stereocenters. The molecule has 3 aliphatic carbocycles. The summed E-state index contributed by atoms with van der Waals surface area (Å²) in [6.07, 6.45) is 14.4. The van der Waals surface area contributed by atoms with E-state index in [1.54, 1.807) is 19.2 Å². The van der Waals surface area contributed by atoms with E-state index in [1.165, 1.54) is 24.8 Å². The SMILES string of the molecule is COc1cc([C@H]2Oc3c(c4c(c5c3CC[C@H](CO)O5)-c3ccc(O)c5c3[C@H](C4)[C@H](c3ccc4c(c3)=CCN=4)C=C5)C[C@@]2(CNCNC[C@@](C)(O)CC(C)C)OCNC2CCCCC2)ccc1O. The molecule has 12 nitrogen and oxygen atoms in total. The largest absolute Gasteiger partial charge is 0.507 e. The van der Waals surface area contributed by atoms with Crippen LogP contribution in [0.5, 0.6) is 28.7 Å². The van der Waals surface area contributed by atoms with Gasteiger partial charge in [-0.2, -0.15) is 0 Å². The Balaban J connectivity index is 1.12. The number of benzene rings is 4. The molecule has 0 spiro atoms. The number of aliphatic hydroxyl groups excluding tert-OH is 1. The number of aromatic hydroxyl groups is 2. The summed E-state index contributed by atoms with van der Waals surface area (Å²) in [6, 6.07) is 16.2. The van der Waals surface area contributed by atoms with Crippen LogP contribution in [0, 0.1) is 5.92 Å². The molecule has 1 saturated carbocycles. The van der Waals surface area contributed by atoms with Gasteiger partial charge in [-0.05, 0) is 121 Å². The molecule has 7 N–H and O–H groups in total. The van der Waals surface area contributed by atoms with Crippen LogP contribution in [0.2, 0.25) is 0 Å². The molecule has 1 fully saturated rings. The summed E-state index contributed by atoms with van der Waals surface area (Å²) >= 11 is 0. The Morgan fingerprint density at radius 1 is 0.925 bits per heavy atom. The number of phenols is 2. The lowest BCUT2D eigenvalue weighted by Gasteiger charge is -2.48. The van der Waals surface area contributed by atoms with Crippen LogP contribution in [0.4, 0.5) is 0 Å². The second-order valence-electron chi connectivity index (χ2n) is 20.6. The van der Waals surface area contributed by atoms with Gasteiger partial charge in [-0.1, -0.05) is 69.5 Å². The number of allylic oxidation sites excluding steroid dienone is 1. The molecule has 6 atom stereocenters. The van der Waals surface area contributed by atoms with Crippen molar-refractivity contribution in [1.82, 2.24) is 16.0 Å². The fraction of sp³-hybridized carbons (Fsp3) is 0.509. The van der Waals surface area contributed by atoms with Gasteiger partial charge in [0.25, 0.3) is 0 Å². The molecule has 0 saturated heterocycles. The Morgan fingerprint density at radius 3 is 2.55 bits per heavy atom. The molecule has 10 rings (SSSR count). The quantitative estimate of drug-likeness (QED) is 0.0481. The average molecular weight is 913 g/mol. The van der Waals surface area contributed by atoms with Crippen LogP contribution in [0.3, 0.4) is 0 Å². The number of hydrogen-bond acceptors (Lipinski definition) is 12. The van der Waals surface area contributed by atoms with Crippen molar-refractivity contribution in [3.05, 3.63) is 104 Å². The molecule has 0 radical (unpaired) electrons. The van der Waals surface area contributed by atoms with E-state index >= 15 is 0 Å². The first-order valence-corrected chi connectivity index (χ1v) is 24.7. The highest BCUT2D eigenvalue weighted by molar-refractivity contribution is 5.89. The van der Waals surface area contributed by atoms with E-state index in [9.17, 15) is 20.4 Å². The molecule has 0 amide bonds. The molecular weight excluding hydrogens is 845 g/mol. The predicted molar refractivity (Wildman–Crippen MR) is 260 cm³/mol. The van der Waals surface area contributed by atoms with Gasteiger partial charge in [0.2, 0.25) is 0 Å². The van der Waals surface area contributed by atoms with E-state index in [0.717, 1.165) is 79.4 Å². The van der Waals surface area contributed by atoms with E-state index < -0.39 is 17.3 Å². The van der Waals surface area contributed by atoms with Crippen molar-refractivity contribution >= 4 is 12.2 Å². The van der Waals surface area contributed by atoms with Crippen LogP contribution < -0.4 is 40.7 Å². The second-order valence-corrected chi connectivity index (χ2v) is 20.6. The molecule has 12 heteroatoms. The third-order valence-electron chi connectivity index (χ3n) is 15.2. The van der Waals surface area contributed by atoms with Crippen molar-refractivity contribution in [3.63, 3.8) is 0 Å². The van der Waals surface area contributed by atoms with Gasteiger partial charge in [0, 0.05) is 60.4 Å². The highest BCUT2D eigenvalue weighted by Crippen LogP contribution is 2.60. The fourth-order valence-corrected chi connectivity index (χ4v) is 12.2. The highest BCUT2D eigenvalue weighted by atomic mass is 16.6. The van der Waals surface area contributed by atoms with Crippen molar-refractivity contribution in [3.8, 4) is 39.9 Å². The lowest BCUT2D eigenvalue weighted by Crippen LogP contribution is -2.56. The fourth-order valence-electron chi connectivity index (χ4n) is 12.2. The van der Waals surface area contributed by atoms with Gasteiger partial charge >= 0.3 is 0 Å². The third-order valence-corrected chi connectivity index (χ3v) is 15.2. The molecule has 3 aliphatic heterocycles. The summed E-state index contributed by atoms with van der Waals surface area (Å²) < 4.78 is 27.5. The zero-order chi connectivity index (χ0) is 46.5. The minimum Gasteiger partial charge on any atom is -0.507 e. The van der Waals surface area contributed by atoms with Gasteiger partial charge in [0.1, 0.15) is 29.0 Å². The molecule has 0 bridgehead atoms. The van der Waals surface area contributed by atoms with Crippen molar-refractivity contribution < 1.29 is 39.4 Å². The third kappa shape index (κ3) is 8.85. The van der Waals surface area contributed by atoms with E-state index in [0.29, 0.717) is 82.8 Å². The summed E-state index contributed by atoms with van der Waals surface area (Å²) in [6.45, 7) is 8.25. The number of rotatable bonds is 16. The van der Waals surface area contributed by atoms with Crippen LogP contribution >= 0.6 is 0 Å². The number of nitrogens with zero attached hydrogens (tertiary/aromatic N) is 1. The minimum absolute atomic E-state index is 0.0151. The van der Waals surface area contributed by atoms with Gasteiger partial charge in [-0.15, -0.1) is 0 Å². The monoisotopic (exact) mass is 913 g/mol. The smallest absolute Gasteiger partial charge is 0.160 e. The maximum atomic E-state index is 11.5. The zero-order valence-electron chi connectivity index (χ0n) is 39.5. The molecule has 3 heterocycles. The van der Waals surface area contributed by atoms with Crippen molar-refractivity contribution in [1.29, 1.82) is 0 Å². The number of fused-ring (bicyclic) bond motifs is 8. The van der Waals surface area contributed by atoms with E-state index in [1.807, 2.05) is 19.1 Å². The predicted octanol–water partition coefficient (Wildman–Crippen LogP) is 6.57. The lowest BCUT2D eigenvalue weighted by atomic mass is 9.64. The molecule has 0 aromatic heterocycles. The Labute approximate surface area is 394 Å². The minimum atomic E-state index is -0.991. The number of hydrogen-bond donors (Lipinski definition) is 7. The van der Waals surface area contributed by atoms with Gasteiger partial charge in [-0.25, -0.2) is 0 Å². The molecular formula is C55H68N4O8. The summed E-state index contributed by atoms with van der Waals surface area (Å²) in [5.41, 5.74) is 7.28. The molecule has 6 aliphatic rings. The normalized spacial score (nSPS) is 24.5. The molecule has 4 aromatic carbocycles. The number of nitrogens with one attached hydrogen (secondary N) is 3. The zero-order valence-corrected chi connectivity index (χ0v) is 39.5. The lowest BCUT2D eigenvalue weighted by molar-refractivity contribution is -0.132. The van der Waals surface area contributed by atoms with E-state index in [2.05, 4.69) is 77.3 Å². The molecule has 67 heavy (non-hydrogen) atoms. The maximum absolute atomic E-state index is 11.5. The summed E-state index contributed by atoms with van der Waals surface area (Å²) in [7, 11) is 1.56.